The van der Waals surface area contributed by atoms with Crippen LogP contribution in [0.2, 0.25) is 0 Å². The highest BCUT2D eigenvalue weighted by Crippen LogP contribution is 2.28. The van der Waals surface area contributed by atoms with Gasteiger partial charge in [-0.05, 0) is 66.5 Å². The Morgan fingerprint density at radius 3 is 1.33 bits per heavy atom. The molecule has 212 valence electrons. The SMILES string of the molecule is Cc1ccc(C(C)C)c(OCC(=O)NNC(=O)CCCC(=O)NNC(=O)COc2cc(C)ccc2C(C)C)c1. The van der Waals surface area contributed by atoms with Crippen LogP contribution < -0.4 is 31.2 Å². The number of rotatable bonds is 12. The van der Waals surface area contributed by atoms with Gasteiger partial charge >= 0.3 is 0 Å². The highest BCUT2D eigenvalue weighted by atomic mass is 16.5. The minimum absolute atomic E-state index is 0.00628. The molecule has 0 atom stereocenters. The average Bonchev–Trinajstić information content (AvgIpc) is 2.88. The maximum atomic E-state index is 12.1. The molecule has 0 aliphatic rings. The number of ether oxygens (including phenoxy) is 2. The van der Waals surface area contributed by atoms with Crippen molar-refractivity contribution in [2.75, 3.05) is 13.2 Å². The Balaban J connectivity index is 1.62. The molecule has 10 heteroatoms. The molecule has 10 nitrogen and oxygen atoms in total. The summed E-state index contributed by atoms with van der Waals surface area (Å²) in [5.74, 6) is -0.185. The van der Waals surface area contributed by atoms with Crippen molar-refractivity contribution in [3.63, 3.8) is 0 Å². The average molecular weight is 541 g/mol. The Hall–Kier alpha value is -4.08. The van der Waals surface area contributed by atoms with E-state index in [1.54, 1.807) is 0 Å². The number of carbonyl (C=O) groups excluding carboxylic acids is 4. The molecule has 0 aromatic heterocycles. The van der Waals surface area contributed by atoms with Crippen LogP contribution in [0.3, 0.4) is 0 Å². The van der Waals surface area contributed by atoms with Gasteiger partial charge in [0, 0.05) is 12.8 Å². The van der Waals surface area contributed by atoms with Crippen molar-refractivity contribution >= 4 is 23.6 Å². The van der Waals surface area contributed by atoms with E-state index < -0.39 is 23.6 Å². The first-order valence-electron chi connectivity index (χ1n) is 13.1. The molecule has 2 rings (SSSR count). The molecule has 0 aliphatic heterocycles. The first kappa shape index (κ1) is 31.1. The zero-order valence-electron chi connectivity index (χ0n) is 23.6. The lowest BCUT2D eigenvalue weighted by Gasteiger charge is -2.15. The number of hydrazine groups is 2. The van der Waals surface area contributed by atoms with Gasteiger partial charge in [-0.25, -0.2) is 0 Å². The molecule has 0 fully saturated rings. The largest absolute Gasteiger partial charge is 0.483 e. The molecule has 0 aliphatic carbocycles. The normalized spacial score (nSPS) is 10.7. The molecule has 2 aromatic carbocycles. The monoisotopic (exact) mass is 540 g/mol. The van der Waals surface area contributed by atoms with Gasteiger partial charge in [-0.2, -0.15) is 0 Å². The molecule has 0 heterocycles. The van der Waals surface area contributed by atoms with Crippen LogP contribution in [-0.2, 0) is 19.2 Å². The Labute approximate surface area is 230 Å². The molecule has 0 saturated heterocycles. The topological polar surface area (TPSA) is 135 Å². The molecule has 0 unspecified atom stereocenters. The standard InChI is InChI=1S/C29H40N4O6/c1-18(2)22-12-10-20(5)14-24(22)38-16-28(36)32-30-26(34)8-7-9-27(35)31-33-29(37)17-39-25-15-21(6)11-13-23(25)19(3)4/h10-15,18-19H,7-9,16-17H2,1-6H3,(H,30,34)(H,31,35)(H,32,36)(H,33,37). The van der Waals surface area contributed by atoms with Gasteiger partial charge < -0.3 is 9.47 Å². The lowest BCUT2D eigenvalue weighted by molar-refractivity contribution is -0.131. The van der Waals surface area contributed by atoms with Gasteiger partial charge in [0.15, 0.2) is 13.2 Å². The summed E-state index contributed by atoms with van der Waals surface area (Å²) < 4.78 is 11.3. The summed E-state index contributed by atoms with van der Waals surface area (Å²) in [4.78, 5) is 48.1. The van der Waals surface area contributed by atoms with E-state index in [0.717, 1.165) is 22.3 Å². The fraction of sp³-hybridized carbons (Fsp3) is 0.448. The van der Waals surface area contributed by atoms with E-state index in [9.17, 15) is 19.2 Å². The molecule has 39 heavy (non-hydrogen) atoms. The van der Waals surface area contributed by atoms with Gasteiger partial charge in [-0.15, -0.1) is 0 Å². The second-order valence-corrected chi connectivity index (χ2v) is 10.0. The van der Waals surface area contributed by atoms with E-state index in [4.69, 9.17) is 9.47 Å². The number of hydrogen-bond donors (Lipinski definition) is 4. The quantitative estimate of drug-likeness (QED) is 0.305. The molecule has 0 radical (unpaired) electrons. The fourth-order valence-electron chi connectivity index (χ4n) is 3.66. The zero-order chi connectivity index (χ0) is 28.9. The number of nitrogens with one attached hydrogen (secondary N) is 4. The van der Waals surface area contributed by atoms with Gasteiger partial charge in [0.25, 0.3) is 11.8 Å². The van der Waals surface area contributed by atoms with Crippen molar-refractivity contribution in [3.8, 4) is 11.5 Å². The number of aryl methyl sites for hydroxylation is 2. The lowest BCUT2D eigenvalue weighted by atomic mass is 10.0. The summed E-state index contributed by atoms with van der Waals surface area (Å²) in [5, 5.41) is 0. The fourth-order valence-corrected chi connectivity index (χ4v) is 3.66. The lowest BCUT2D eigenvalue weighted by Crippen LogP contribution is -2.44. The van der Waals surface area contributed by atoms with Crippen LogP contribution in [0.5, 0.6) is 11.5 Å². The summed E-state index contributed by atoms with van der Waals surface area (Å²) in [6, 6.07) is 11.7. The summed E-state index contributed by atoms with van der Waals surface area (Å²) in [6.45, 7) is 11.5. The van der Waals surface area contributed by atoms with Crippen LogP contribution >= 0.6 is 0 Å². The predicted molar refractivity (Wildman–Crippen MR) is 148 cm³/mol. The maximum Gasteiger partial charge on any atom is 0.276 e. The smallest absolute Gasteiger partial charge is 0.276 e. The van der Waals surface area contributed by atoms with Crippen LogP contribution in [-0.4, -0.2) is 36.8 Å². The molecule has 0 saturated carbocycles. The Bertz CT molecular complexity index is 1070. The van der Waals surface area contributed by atoms with E-state index in [0.29, 0.717) is 11.5 Å². The van der Waals surface area contributed by atoms with E-state index in [2.05, 4.69) is 21.7 Å². The van der Waals surface area contributed by atoms with Crippen molar-refractivity contribution in [1.29, 1.82) is 0 Å². The Kier molecular flexibility index (Phi) is 12.3. The minimum atomic E-state index is -0.506. The van der Waals surface area contributed by atoms with Crippen LogP contribution in [0.1, 0.15) is 81.0 Å². The predicted octanol–water partition coefficient (Wildman–Crippen LogP) is 3.47. The minimum Gasteiger partial charge on any atom is -0.483 e. The van der Waals surface area contributed by atoms with Gasteiger partial charge in [0.2, 0.25) is 11.8 Å². The molecule has 4 amide bonds. The van der Waals surface area contributed by atoms with Gasteiger partial charge in [0.1, 0.15) is 11.5 Å². The van der Waals surface area contributed by atoms with Crippen LogP contribution in [0.4, 0.5) is 0 Å². The first-order chi connectivity index (χ1) is 18.5. The van der Waals surface area contributed by atoms with E-state index in [-0.39, 0.29) is 44.3 Å². The molecular formula is C29H40N4O6. The zero-order valence-corrected chi connectivity index (χ0v) is 23.6. The summed E-state index contributed by atoms with van der Waals surface area (Å²) >= 11 is 0. The Morgan fingerprint density at radius 1 is 0.615 bits per heavy atom. The summed E-state index contributed by atoms with van der Waals surface area (Å²) in [5.41, 5.74) is 13.2. The van der Waals surface area contributed by atoms with E-state index >= 15 is 0 Å². The third-order valence-electron chi connectivity index (χ3n) is 5.79. The highest BCUT2D eigenvalue weighted by molar-refractivity contribution is 5.84. The third-order valence-corrected chi connectivity index (χ3v) is 5.79. The molecule has 4 N–H and O–H groups in total. The van der Waals surface area contributed by atoms with Crippen LogP contribution in [0, 0.1) is 13.8 Å². The molecule has 0 spiro atoms. The maximum absolute atomic E-state index is 12.1. The van der Waals surface area contributed by atoms with Crippen molar-refractivity contribution in [2.45, 2.75) is 72.6 Å². The number of amides is 4. The van der Waals surface area contributed by atoms with Crippen LogP contribution in [0.25, 0.3) is 0 Å². The van der Waals surface area contributed by atoms with E-state index in [1.807, 2.05) is 77.9 Å². The summed E-state index contributed by atoms with van der Waals surface area (Å²) in [6.07, 6.45) is 0.233. The van der Waals surface area contributed by atoms with Gasteiger partial charge in [-0.3, -0.25) is 40.9 Å². The van der Waals surface area contributed by atoms with E-state index in [1.165, 1.54) is 0 Å². The third kappa shape index (κ3) is 11.1. The Morgan fingerprint density at radius 2 is 0.974 bits per heavy atom. The van der Waals surface area contributed by atoms with Crippen molar-refractivity contribution in [3.05, 3.63) is 58.7 Å². The number of carbonyl (C=O) groups is 4. The van der Waals surface area contributed by atoms with Crippen molar-refractivity contribution < 1.29 is 28.7 Å². The molecule has 2 aromatic rings. The van der Waals surface area contributed by atoms with Crippen LogP contribution in [0.15, 0.2) is 36.4 Å². The number of benzene rings is 2. The second-order valence-electron chi connectivity index (χ2n) is 10.0. The molecular weight excluding hydrogens is 500 g/mol. The second kappa shape index (κ2) is 15.4. The van der Waals surface area contributed by atoms with Crippen molar-refractivity contribution in [2.24, 2.45) is 0 Å². The first-order valence-corrected chi connectivity index (χ1v) is 13.1. The molecule has 0 bridgehead atoms. The van der Waals surface area contributed by atoms with Gasteiger partial charge in [0.05, 0.1) is 0 Å². The summed E-state index contributed by atoms with van der Waals surface area (Å²) in [7, 11) is 0. The highest BCUT2D eigenvalue weighted by Gasteiger charge is 2.13. The van der Waals surface area contributed by atoms with Gasteiger partial charge in [-0.1, -0.05) is 52.0 Å². The number of hydrogen-bond acceptors (Lipinski definition) is 6. The van der Waals surface area contributed by atoms with Crippen molar-refractivity contribution in [1.82, 2.24) is 21.7 Å².